The van der Waals surface area contributed by atoms with Crippen LogP contribution >= 0.6 is 0 Å². The van der Waals surface area contributed by atoms with Gasteiger partial charge in [0.2, 0.25) is 0 Å². The van der Waals surface area contributed by atoms with Crippen molar-refractivity contribution in [3.05, 3.63) is 0 Å². The van der Waals surface area contributed by atoms with Gasteiger partial charge in [-0.05, 0) is 38.0 Å². The second kappa shape index (κ2) is 4.89. The lowest BCUT2D eigenvalue weighted by molar-refractivity contribution is -0.155. The molecule has 2 saturated carbocycles. The van der Waals surface area contributed by atoms with Crippen LogP contribution in [-0.2, 0) is 4.74 Å². The fourth-order valence-corrected chi connectivity index (χ4v) is 4.06. The Balaban J connectivity index is 1.66. The van der Waals surface area contributed by atoms with E-state index in [1.54, 1.807) is 0 Å². The summed E-state index contributed by atoms with van der Waals surface area (Å²) < 4.78 is 6.58. The smallest absolute Gasteiger partial charge is 0.0810 e. The molecule has 3 fully saturated rings. The molecule has 3 unspecified atom stereocenters. The van der Waals surface area contributed by atoms with Gasteiger partial charge in [-0.2, -0.15) is 0 Å². The predicted molar refractivity (Wildman–Crippen MR) is 70.1 cm³/mol. The van der Waals surface area contributed by atoms with Gasteiger partial charge in [-0.15, -0.1) is 0 Å². The molecule has 2 aliphatic carbocycles. The van der Waals surface area contributed by atoms with E-state index in [-0.39, 0.29) is 5.60 Å². The molecule has 2 heteroatoms. The third kappa shape index (κ3) is 2.53. The number of nitrogens with one attached hydrogen (secondary N) is 1. The van der Waals surface area contributed by atoms with Crippen LogP contribution in [0.5, 0.6) is 0 Å². The van der Waals surface area contributed by atoms with Crippen molar-refractivity contribution in [2.75, 3.05) is 6.54 Å². The third-order valence-electron chi connectivity index (χ3n) is 5.15. The Labute approximate surface area is 105 Å². The van der Waals surface area contributed by atoms with Crippen LogP contribution < -0.4 is 5.32 Å². The molecule has 1 N–H and O–H groups in total. The molecular formula is C15H27NO. The highest BCUT2D eigenvalue weighted by Gasteiger charge is 2.43. The van der Waals surface area contributed by atoms with Crippen LogP contribution in [0.25, 0.3) is 0 Å². The van der Waals surface area contributed by atoms with E-state index in [1.807, 2.05) is 0 Å². The Bertz CT molecular complexity index is 258. The second-order valence-electron chi connectivity index (χ2n) is 6.66. The zero-order chi connectivity index (χ0) is 11.7. The zero-order valence-electron chi connectivity index (χ0n) is 11.2. The maximum atomic E-state index is 6.58. The van der Waals surface area contributed by atoms with Crippen molar-refractivity contribution in [3.8, 4) is 0 Å². The van der Waals surface area contributed by atoms with E-state index in [2.05, 4.69) is 12.2 Å². The van der Waals surface area contributed by atoms with Crippen molar-refractivity contribution < 1.29 is 4.74 Å². The Morgan fingerprint density at radius 3 is 2.59 bits per heavy atom. The summed E-state index contributed by atoms with van der Waals surface area (Å²) in [5, 5.41) is 3.81. The molecule has 0 radical (unpaired) electrons. The van der Waals surface area contributed by atoms with Crippen LogP contribution in [0.2, 0.25) is 0 Å². The Hall–Kier alpha value is -0.0800. The SMILES string of the molecule is CC1CCC2OC3(CCCCCC3)CNC2C1. The molecule has 17 heavy (non-hydrogen) atoms. The van der Waals surface area contributed by atoms with Crippen molar-refractivity contribution in [3.63, 3.8) is 0 Å². The van der Waals surface area contributed by atoms with Crippen molar-refractivity contribution >= 4 is 0 Å². The normalized spacial score (nSPS) is 41.8. The maximum Gasteiger partial charge on any atom is 0.0810 e. The van der Waals surface area contributed by atoms with Crippen LogP contribution in [0.1, 0.15) is 64.7 Å². The first-order valence-electron chi connectivity index (χ1n) is 7.69. The number of rotatable bonds is 0. The molecule has 3 aliphatic rings. The van der Waals surface area contributed by atoms with Crippen LogP contribution in [0, 0.1) is 5.92 Å². The van der Waals surface area contributed by atoms with E-state index >= 15 is 0 Å². The highest BCUT2D eigenvalue weighted by Crippen LogP contribution is 2.38. The average molecular weight is 237 g/mol. The summed E-state index contributed by atoms with van der Waals surface area (Å²) in [5.41, 5.74) is 0.207. The van der Waals surface area contributed by atoms with Gasteiger partial charge in [-0.1, -0.05) is 32.6 Å². The lowest BCUT2D eigenvalue weighted by Gasteiger charge is -2.48. The van der Waals surface area contributed by atoms with Crippen molar-refractivity contribution in [2.45, 2.75) is 82.5 Å². The lowest BCUT2D eigenvalue weighted by atomic mass is 9.81. The molecule has 1 aliphatic heterocycles. The maximum absolute atomic E-state index is 6.58. The van der Waals surface area contributed by atoms with Crippen LogP contribution in [0.3, 0.4) is 0 Å². The highest BCUT2D eigenvalue weighted by atomic mass is 16.5. The highest BCUT2D eigenvalue weighted by molar-refractivity contribution is 4.97. The monoisotopic (exact) mass is 237 g/mol. The summed E-state index contributed by atoms with van der Waals surface area (Å²) in [5.74, 6) is 0.885. The summed E-state index contributed by atoms with van der Waals surface area (Å²) in [7, 11) is 0. The summed E-state index contributed by atoms with van der Waals surface area (Å²) in [6.07, 6.45) is 12.6. The Kier molecular flexibility index (Phi) is 3.45. The van der Waals surface area contributed by atoms with Crippen LogP contribution in [0.4, 0.5) is 0 Å². The molecule has 3 rings (SSSR count). The number of fused-ring (bicyclic) bond motifs is 1. The first-order valence-corrected chi connectivity index (χ1v) is 7.69. The van der Waals surface area contributed by atoms with Gasteiger partial charge in [0.15, 0.2) is 0 Å². The van der Waals surface area contributed by atoms with Crippen LogP contribution in [0.15, 0.2) is 0 Å². The summed E-state index contributed by atoms with van der Waals surface area (Å²) in [4.78, 5) is 0. The van der Waals surface area contributed by atoms with Gasteiger partial charge in [0.05, 0.1) is 11.7 Å². The van der Waals surface area contributed by atoms with Gasteiger partial charge in [-0.3, -0.25) is 0 Å². The fourth-order valence-electron chi connectivity index (χ4n) is 4.06. The van der Waals surface area contributed by atoms with E-state index in [0.717, 1.165) is 12.5 Å². The standard InChI is InChI=1S/C15H27NO/c1-12-6-7-14-13(10-12)16-11-15(17-14)8-4-2-3-5-9-15/h12-14,16H,2-11H2,1H3. The number of morpholine rings is 1. The molecule has 0 aromatic rings. The minimum absolute atomic E-state index is 0.207. The Morgan fingerprint density at radius 2 is 1.82 bits per heavy atom. The average Bonchev–Trinajstić information content (AvgIpc) is 2.56. The number of ether oxygens (including phenoxy) is 1. The third-order valence-corrected chi connectivity index (χ3v) is 5.15. The predicted octanol–water partition coefficient (Wildman–Crippen LogP) is 3.26. The quantitative estimate of drug-likeness (QED) is 0.698. The first kappa shape index (κ1) is 12.0. The van der Waals surface area contributed by atoms with Gasteiger partial charge in [0.25, 0.3) is 0 Å². The molecule has 0 amide bonds. The van der Waals surface area contributed by atoms with E-state index in [0.29, 0.717) is 12.1 Å². The minimum atomic E-state index is 0.207. The molecule has 3 atom stereocenters. The first-order chi connectivity index (χ1) is 8.27. The Morgan fingerprint density at radius 1 is 1.06 bits per heavy atom. The van der Waals surface area contributed by atoms with Crippen LogP contribution in [-0.4, -0.2) is 24.3 Å². The second-order valence-corrected chi connectivity index (χ2v) is 6.66. The van der Waals surface area contributed by atoms with E-state index < -0.39 is 0 Å². The zero-order valence-corrected chi connectivity index (χ0v) is 11.2. The topological polar surface area (TPSA) is 21.3 Å². The van der Waals surface area contributed by atoms with Gasteiger partial charge in [0.1, 0.15) is 0 Å². The van der Waals surface area contributed by atoms with Gasteiger partial charge < -0.3 is 10.1 Å². The fraction of sp³-hybridized carbons (Fsp3) is 1.00. The molecule has 98 valence electrons. The van der Waals surface area contributed by atoms with Gasteiger partial charge in [-0.25, -0.2) is 0 Å². The number of hydrogen-bond donors (Lipinski definition) is 1. The molecule has 0 bridgehead atoms. The number of hydrogen-bond acceptors (Lipinski definition) is 2. The van der Waals surface area contributed by atoms with E-state index in [9.17, 15) is 0 Å². The van der Waals surface area contributed by atoms with Crippen molar-refractivity contribution in [1.82, 2.24) is 5.32 Å². The molecule has 0 aromatic heterocycles. The largest absolute Gasteiger partial charge is 0.369 e. The molecule has 0 aromatic carbocycles. The van der Waals surface area contributed by atoms with E-state index in [1.165, 1.54) is 57.8 Å². The van der Waals surface area contributed by atoms with Gasteiger partial charge in [0, 0.05) is 12.6 Å². The molecule has 1 saturated heterocycles. The minimum Gasteiger partial charge on any atom is -0.369 e. The van der Waals surface area contributed by atoms with Gasteiger partial charge >= 0.3 is 0 Å². The van der Waals surface area contributed by atoms with Crippen molar-refractivity contribution in [2.24, 2.45) is 5.92 Å². The summed E-state index contributed by atoms with van der Waals surface area (Å²) in [6.45, 7) is 3.49. The van der Waals surface area contributed by atoms with Crippen molar-refractivity contribution in [1.29, 1.82) is 0 Å². The molecular weight excluding hydrogens is 210 g/mol. The molecule has 1 heterocycles. The molecule has 2 nitrogen and oxygen atoms in total. The summed E-state index contributed by atoms with van der Waals surface area (Å²) in [6, 6.07) is 0.646. The molecule has 1 spiro atoms. The lowest BCUT2D eigenvalue weighted by Crippen LogP contribution is -2.60. The van der Waals surface area contributed by atoms with E-state index in [4.69, 9.17) is 4.74 Å². The summed E-state index contributed by atoms with van der Waals surface area (Å²) >= 11 is 0.